The summed E-state index contributed by atoms with van der Waals surface area (Å²) >= 11 is 2.26. The highest BCUT2D eigenvalue weighted by atomic mass is 127. The summed E-state index contributed by atoms with van der Waals surface area (Å²) in [6.07, 6.45) is 1.54. The Labute approximate surface area is 75.1 Å². The Bertz CT molecular complexity index is 131. The summed E-state index contributed by atoms with van der Waals surface area (Å²) in [7, 11) is 0. The molecule has 0 atom stereocenters. The minimum Gasteiger partial charge on any atom is -0.309 e. The van der Waals surface area contributed by atoms with Gasteiger partial charge >= 0.3 is 0 Å². The summed E-state index contributed by atoms with van der Waals surface area (Å²) in [6, 6.07) is 0. The van der Waals surface area contributed by atoms with Crippen molar-refractivity contribution in [2.45, 2.75) is 13.8 Å². The van der Waals surface area contributed by atoms with Crippen LogP contribution in [-0.2, 0) is 0 Å². The summed E-state index contributed by atoms with van der Waals surface area (Å²) < 4.78 is 0.954. The molecule has 0 spiro atoms. The van der Waals surface area contributed by atoms with Gasteiger partial charge in [0.25, 0.3) is 0 Å². The average molecular weight is 253 g/mol. The molecule has 0 fully saturated rings. The molecular weight excluding hydrogens is 241 g/mol. The molecule has 0 amide bonds. The molecule has 0 rings (SSSR count). The van der Waals surface area contributed by atoms with Crippen molar-refractivity contribution in [2.75, 3.05) is 11.0 Å². The Morgan fingerprint density at radius 3 is 2.90 bits per heavy atom. The second kappa shape index (κ2) is 6.98. The molecule has 0 aliphatic heterocycles. The van der Waals surface area contributed by atoms with E-state index in [9.17, 15) is 0 Å². The molecule has 0 aliphatic rings. The van der Waals surface area contributed by atoms with Crippen LogP contribution in [0, 0.1) is 0 Å². The Morgan fingerprint density at radius 2 is 2.40 bits per heavy atom. The first kappa shape index (κ1) is 9.87. The highest BCUT2D eigenvalue weighted by Gasteiger charge is 1.80. The highest BCUT2D eigenvalue weighted by Crippen LogP contribution is 1.83. The average Bonchev–Trinajstić information content (AvgIpc) is 1.98. The lowest BCUT2D eigenvalue weighted by Crippen LogP contribution is -2.02. The van der Waals surface area contributed by atoms with E-state index in [1.54, 1.807) is 0 Å². The Hall–Kier alpha value is -0.130. The van der Waals surface area contributed by atoms with Crippen LogP contribution >= 0.6 is 22.6 Å². The van der Waals surface area contributed by atoms with Gasteiger partial charge in [-0.2, -0.15) is 5.10 Å². The molecule has 1 N–H and O–H groups in total. The van der Waals surface area contributed by atoms with E-state index in [0.717, 1.165) is 16.7 Å². The predicted octanol–water partition coefficient (Wildman–Crippen LogP) is 1.44. The second-order valence-corrected chi connectivity index (χ2v) is 2.52. The van der Waals surface area contributed by atoms with Crippen LogP contribution in [0.4, 0.5) is 0 Å². The van der Waals surface area contributed by atoms with Crippen molar-refractivity contribution in [3.8, 4) is 0 Å². The number of hydrogen-bond donors (Lipinski definition) is 1. The zero-order chi connectivity index (χ0) is 7.82. The first-order valence-corrected chi connectivity index (χ1v) is 4.67. The van der Waals surface area contributed by atoms with Gasteiger partial charge in [-0.05, 0) is 13.8 Å². The topological polar surface area (TPSA) is 36.8 Å². The van der Waals surface area contributed by atoms with Crippen molar-refractivity contribution < 1.29 is 0 Å². The number of hydrogen-bond acceptors (Lipinski definition) is 2. The molecule has 4 heteroatoms. The van der Waals surface area contributed by atoms with Gasteiger partial charge in [-0.3, -0.25) is 0 Å². The van der Waals surface area contributed by atoms with Crippen molar-refractivity contribution in [1.82, 2.24) is 5.43 Å². The minimum absolute atomic E-state index is 0.843. The SMILES string of the molecule is CCN/N=C\N=C(C)CI. The molecule has 0 aromatic rings. The second-order valence-electron chi connectivity index (χ2n) is 1.75. The Balaban J connectivity index is 3.49. The van der Waals surface area contributed by atoms with Crippen LogP contribution in [0.5, 0.6) is 0 Å². The summed E-state index contributed by atoms with van der Waals surface area (Å²) in [5, 5.41) is 3.81. The van der Waals surface area contributed by atoms with Gasteiger partial charge in [0.15, 0.2) is 0 Å². The van der Waals surface area contributed by atoms with Crippen LogP contribution in [-0.4, -0.2) is 23.0 Å². The predicted molar refractivity (Wildman–Crippen MR) is 54.2 cm³/mol. The van der Waals surface area contributed by atoms with E-state index in [4.69, 9.17) is 0 Å². The smallest absolute Gasteiger partial charge is 0.135 e. The number of nitrogens with zero attached hydrogens (tertiary/aromatic N) is 2. The molecule has 3 nitrogen and oxygen atoms in total. The lowest BCUT2D eigenvalue weighted by Gasteiger charge is -1.89. The van der Waals surface area contributed by atoms with Gasteiger partial charge in [-0.25, -0.2) is 4.99 Å². The first-order chi connectivity index (χ1) is 4.81. The maximum absolute atomic E-state index is 4.04. The summed E-state index contributed by atoms with van der Waals surface area (Å²) in [5.41, 5.74) is 3.87. The van der Waals surface area contributed by atoms with Crippen molar-refractivity contribution in [2.24, 2.45) is 10.1 Å². The lowest BCUT2D eigenvalue weighted by atomic mass is 10.5. The molecular formula is C6H12IN3. The van der Waals surface area contributed by atoms with Crippen LogP contribution in [0.15, 0.2) is 10.1 Å². The third-order valence-electron chi connectivity index (χ3n) is 0.779. The van der Waals surface area contributed by atoms with Crippen LogP contribution in [0.3, 0.4) is 0 Å². The van der Waals surface area contributed by atoms with E-state index in [2.05, 4.69) is 38.1 Å². The molecule has 0 aliphatic carbocycles. The quantitative estimate of drug-likeness (QED) is 0.266. The van der Waals surface area contributed by atoms with Gasteiger partial charge in [-0.1, -0.05) is 22.6 Å². The van der Waals surface area contributed by atoms with Crippen molar-refractivity contribution in [1.29, 1.82) is 0 Å². The first-order valence-electron chi connectivity index (χ1n) is 3.15. The van der Waals surface area contributed by atoms with Gasteiger partial charge in [0.2, 0.25) is 0 Å². The summed E-state index contributed by atoms with van der Waals surface area (Å²) in [5.74, 6) is 0. The number of halogens is 1. The number of hydrazone groups is 1. The van der Waals surface area contributed by atoms with Crippen molar-refractivity contribution >= 4 is 34.6 Å². The van der Waals surface area contributed by atoms with Gasteiger partial charge in [0.1, 0.15) is 6.34 Å². The number of rotatable bonds is 4. The van der Waals surface area contributed by atoms with E-state index >= 15 is 0 Å². The minimum atomic E-state index is 0.843. The maximum atomic E-state index is 4.04. The third kappa shape index (κ3) is 6.00. The zero-order valence-corrected chi connectivity index (χ0v) is 8.42. The molecule has 0 aromatic carbocycles. The number of nitrogens with one attached hydrogen (secondary N) is 1. The fourth-order valence-corrected chi connectivity index (χ4v) is 0.491. The van der Waals surface area contributed by atoms with Crippen LogP contribution in [0.1, 0.15) is 13.8 Å². The Morgan fingerprint density at radius 1 is 1.70 bits per heavy atom. The van der Waals surface area contributed by atoms with Crippen molar-refractivity contribution in [3.05, 3.63) is 0 Å². The molecule has 0 heterocycles. The molecule has 0 saturated carbocycles. The van der Waals surface area contributed by atoms with E-state index in [-0.39, 0.29) is 0 Å². The van der Waals surface area contributed by atoms with Gasteiger partial charge in [0, 0.05) is 16.7 Å². The van der Waals surface area contributed by atoms with Gasteiger partial charge in [-0.15, -0.1) is 0 Å². The Kier molecular flexibility index (Phi) is 6.89. The molecule has 0 saturated heterocycles. The molecule has 0 unspecified atom stereocenters. The highest BCUT2D eigenvalue weighted by molar-refractivity contribution is 14.1. The number of aliphatic imine (C=N–C) groups is 1. The van der Waals surface area contributed by atoms with Crippen LogP contribution < -0.4 is 5.43 Å². The number of alkyl halides is 1. The largest absolute Gasteiger partial charge is 0.309 e. The fraction of sp³-hybridized carbons (Fsp3) is 0.667. The third-order valence-corrected chi connectivity index (χ3v) is 1.88. The molecule has 10 heavy (non-hydrogen) atoms. The van der Waals surface area contributed by atoms with E-state index < -0.39 is 0 Å². The standard InChI is InChI=1S/C6H12IN3/c1-3-9-10-5-8-6(2)4-7/h5,9H,3-4H2,1-2H3/b8-6?,10-5-. The molecule has 0 aromatic heterocycles. The van der Waals surface area contributed by atoms with Crippen molar-refractivity contribution in [3.63, 3.8) is 0 Å². The van der Waals surface area contributed by atoms with Gasteiger partial charge < -0.3 is 5.43 Å². The monoisotopic (exact) mass is 253 g/mol. The summed E-state index contributed by atoms with van der Waals surface area (Å²) in [6.45, 7) is 4.81. The fourth-order valence-electron chi connectivity index (χ4n) is 0.294. The molecule has 58 valence electrons. The van der Waals surface area contributed by atoms with Gasteiger partial charge in [0.05, 0.1) is 0 Å². The zero-order valence-electron chi connectivity index (χ0n) is 6.26. The maximum Gasteiger partial charge on any atom is 0.135 e. The molecule has 0 bridgehead atoms. The normalized spacial score (nSPS) is 12.5. The van der Waals surface area contributed by atoms with E-state index in [0.29, 0.717) is 0 Å². The van der Waals surface area contributed by atoms with Crippen LogP contribution in [0.2, 0.25) is 0 Å². The van der Waals surface area contributed by atoms with E-state index in [1.807, 2.05) is 13.8 Å². The van der Waals surface area contributed by atoms with E-state index in [1.165, 1.54) is 6.34 Å². The lowest BCUT2D eigenvalue weighted by molar-refractivity contribution is 0.786. The molecule has 0 radical (unpaired) electrons. The van der Waals surface area contributed by atoms with Crippen LogP contribution in [0.25, 0.3) is 0 Å². The summed E-state index contributed by atoms with van der Waals surface area (Å²) in [4.78, 5) is 4.04.